The Balaban J connectivity index is 2.85. The van der Waals surface area contributed by atoms with Crippen molar-refractivity contribution >= 4 is 11.4 Å². The molecule has 0 saturated carbocycles. The second-order valence-electron chi connectivity index (χ2n) is 2.14. The molecule has 0 fully saturated rings. The van der Waals surface area contributed by atoms with Crippen LogP contribution >= 0.6 is 0 Å². The van der Waals surface area contributed by atoms with Gasteiger partial charge in [-0.2, -0.15) is 4.21 Å². The van der Waals surface area contributed by atoms with Crippen molar-refractivity contribution in [2.75, 3.05) is 19.7 Å². The molecule has 68 valence electrons. The summed E-state index contributed by atoms with van der Waals surface area (Å²) in [5, 5.41) is 3.07. The monoisotopic (exact) mass is 181 g/mol. The molecule has 0 saturated heterocycles. The lowest BCUT2D eigenvalue weighted by Crippen LogP contribution is -2.21. The summed E-state index contributed by atoms with van der Waals surface area (Å²) in [5.41, 5.74) is 0. The minimum absolute atomic E-state index is 0.285. The van der Waals surface area contributed by atoms with E-state index in [1.165, 1.54) is 0 Å². The van der Waals surface area contributed by atoms with Crippen LogP contribution in [0.4, 0.5) is 0 Å². The van der Waals surface area contributed by atoms with Crippen LogP contribution in [0, 0.1) is 0 Å². The molecular formula is C6H15NO3S. The van der Waals surface area contributed by atoms with E-state index in [2.05, 4.69) is 16.4 Å². The van der Waals surface area contributed by atoms with Crippen molar-refractivity contribution in [3.05, 3.63) is 0 Å². The smallest absolute Gasteiger partial charge is 0.301 e. The molecule has 0 aliphatic heterocycles. The molecule has 0 aliphatic rings. The Morgan fingerprint density at radius 1 is 1.55 bits per heavy atom. The van der Waals surface area contributed by atoms with E-state index < -0.39 is 11.4 Å². The lowest BCUT2D eigenvalue weighted by Gasteiger charge is -2.01. The second kappa shape index (κ2) is 8.13. The first-order chi connectivity index (χ1) is 5.27. The Labute approximate surface area is 69.8 Å². The predicted molar refractivity (Wildman–Crippen MR) is 44.5 cm³/mol. The summed E-state index contributed by atoms with van der Waals surface area (Å²) in [5.74, 6) is 0. The lowest BCUT2D eigenvalue weighted by atomic mass is 10.3. The molecule has 11 heavy (non-hydrogen) atoms. The first-order valence-corrected chi connectivity index (χ1v) is 4.75. The van der Waals surface area contributed by atoms with Crippen LogP contribution < -0.4 is 5.32 Å². The quantitative estimate of drug-likeness (QED) is 0.444. The van der Waals surface area contributed by atoms with Crippen molar-refractivity contribution in [2.24, 2.45) is 0 Å². The molecule has 1 atom stereocenters. The van der Waals surface area contributed by atoms with Gasteiger partial charge in [-0.05, 0) is 13.0 Å². The third-order valence-corrected chi connectivity index (χ3v) is 1.54. The van der Waals surface area contributed by atoms with E-state index in [4.69, 9.17) is 4.55 Å². The highest BCUT2D eigenvalue weighted by Gasteiger charge is 1.91. The summed E-state index contributed by atoms with van der Waals surface area (Å²) in [6, 6.07) is 0. The SMILES string of the molecule is CCCCNCCOS(=O)O. The molecule has 0 aromatic rings. The maximum Gasteiger partial charge on any atom is 0.301 e. The molecule has 0 bridgehead atoms. The van der Waals surface area contributed by atoms with Crippen LogP contribution in [0.2, 0.25) is 0 Å². The van der Waals surface area contributed by atoms with Crippen LogP contribution in [0.15, 0.2) is 0 Å². The Hall–Kier alpha value is 0.0300. The van der Waals surface area contributed by atoms with Gasteiger partial charge in [-0.1, -0.05) is 13.3 Å². The molecular weight excluding hydrogens is 166 g/mol. The summed E-state index contributed by atoms with van der Waals surface area (Å²) in [6.07, 6.45) is 2.28. The number of hydrogen-bond donors (Lipinski definition) is 2. The molecule has 0 spiro atoms. The number of hydrogen-bond acceptors (Lipinski definition) is 3. The second-order valence-corrected chi connectivity index (χ2v) is 2.81. The van der Waals surface area contributed by atoms with Gasteiger partial charge in [0.1, 0.15) is 0 Å². The third-order valence-electron chi connectivity index (χ3n) is 1.17. The molecule has 0 radical (unpaired) electrons. The van der Waals surface area contributed by atoms with Gasteiger partial charge in [0.15, 0.2) is 0 Å². The van der Waals surface area contributed by atoms with E-state index >= 15 is 0 Å². The van der Waals surface area contributed by atoms with Crippen molar-refractivity contribution in [1.29, 1.82) is 0 Å². The van der Waals surface area contributed by atoms with E-state index in [-0.39, 0.29) is 6.61 Å². The van der Waals surface area contributed by atoms with Gasteiger partial charge in [0, 0.05) is 6.54 Å². The fourth-order valence-electron chi connectivity index (χ4n) is 0.612. The van der Waals surface area contributed by atoms with Crippen LogP contribution in [0.25, 0.3) is 0 Å². The van der Waals surface area contributed by atoms with Gasteiger partial charge in [0.25, 0.3) is 0 Å². The molecule has 5 heteroatoms. The average Bonchev–Trinajstić information content (AvgIpc) is 1.96. The van der Waals surface area contributed by atoms with E-state index in [1.807, 2.05) is 0 Å². The normalized spacial score (nSPS) is 13.3. The van der Waals surface area contributed by atoms with Crippen molar-refractivity contribution in [1.82, 2.24) is 5.32 Å². The first-order valence-electron chi connectivity index (χ1n) is 3.72. The maximum atomic E-state index is 9.95. The Morgan fingerprint density at radius 2 is 2.27 bits per heavy atom. The zero-order valence-corrected chi connectivity index (χ0v) is 7.52. The standard InChI is InChI=1S/C6H15NO3S/c1-2-3-4-7-5-6-10-11(8)9/h7H,2-6H2,1H3,(H,8,9). The Morgan fingerprint density at radius 3 is 2.82 bits per heavy atom. The number of unbranched alkanes of at least 4 members (excludes halogenated alkanes) is 1. The molecule has 2 N–H and O–H groups in total. The number of nitrogens with one attached hydrogen (secondary N) is 1. The first kappa shape index (κ1) is 11.0. The van der Waals surface area contributed by atoms with Gasteiger partial charge in [-0.15, -0.1) is 0 Å². The molecule has 0 aromatic heterocycles. The lowest BCUT2D eigenvalue weighted by molar-refractivity contribution is 0.304. The van der Waals surface area contributed by atoms with Crippen LogP contribution in [0.1, 0.15) is 19.8 Å². The summed E-state index contributed by atoms with van der Waals surface area (Å²) in [6.45, 7) is 3.97. The molecule has 1 unspecified atom stereocenters. The van der Waals surface area contributed by atoms with Crippen LogP contribution in [0.5, 0.6) is 0 Å². The van der Waals surface area contributed by atoms with E-state index in [1.54, 1.807) is 0 Å². The summed E-state index contributed by atoms with van der Waals surface area (Å²) in [4.78, 5) is 0. The molecule has 0 heterocycles. The minimum atomic E-state index is -2.11. The van der Waals surface area contributed by atoms with E-state index in [9.17, 15) is 4.21 Å². The van der Waals surface area contributed by atoms with Gasteiger partial charge in [0.05, 0.1) is 6.61 Å². The van der Waals surface area contributed by atoms with Crippen LogP contribution in [-0.4, -0.2) is 28.5 Å². The molecule has 0 aliphatic carbocycles. The minimum Gasteiger partial charge on any atom is -0.314 e. The van der Waals surface area contributed by atoms with Crippen molar-refractivity contribution in [2.45, 2.75) is 19.8 Å². The average molecular weight is 181 g/mol. The third kappa shape index (κ3) is 10.0. The fourth-order valence-corrected chi connectivity index (χ4v) is 0.838. The largest absolute Gasteiger partial charge is 0.314 e. The highest BCUT2D eigenvalue weighted by atomic mass is 32.2. The summed E-state index contributed by atoms with van der Waals surface area (Å²) < 4.78 is 22.5. The van der Waals surface area contributed by atoms with E-state index in [0.29, 0.717) is 6.54 Å². The zero-order valence-electron chi connectivity index (χ0n) is 6.71. The van der Waals surface area contributed by atoms with Crippen molar-refractivity contribution in [3.63, 3.8) is 0 Å². The molecule has 0 aromatic carbocycles. The molecule has 0 rings (SSSR count). The fraction of sp³-hybridized carbons (Fsp3) is 1.00. The highest BCUT2D eigenvalue weighted by molar-refractivity contribution is 7.74. The van der Waals surface area contributed by atoms with Crippen molar-refractivity contribution in [3.8, 4) is 0 Å². The topological polar surface area (TPSA) is 58.6 Å². The van der Waals surface area contributed by atoms with Gasteiger partial charge >= 0.3 is 11.4 Å². The van der Waals surface area contributed by atoms with Gasteiger partial charge < -0.3 is 5.32 Å². The van der Waals surface area contributed by atoms with Crippen LogP contribution in [-0.2, 0) is 15.5 Å². The predicted octanol–water partition coefficient (Wildman–Crippen LogP) is 0.529. The molecule has 4 nitrogen and oxygen atoms in total. The summed E-state index contributed by atoms with van der Waals surface area (Å²) >= 11 is -2.11. The Kier molecular flexibility index (Phi) is 8.15. The van der Waals surface area contributed by atoms with Crippen molar-refractivity contribution < 1.29 is 12.9 Å². The Bertz CT molecular complexity index is 110. The van der Waals surface area contributed by atoms with Gasteiger partial charge in [0.2, 0.25) is 0 Å². The van der Waals surface area contributed by atoms with E-state index in [0.717, 1.165) is 19.4 Å². The number of rotatable bonds is 7. The highest BCUT2D eigenvalue weighted by Crippen LogP contribution is 1.82. The zero-order chi connectivity index (χ0) is 8.53. The summed E-state index contributed by atoms with van der Waals surface area (Å²) in [7, 11) is 0. The maximum absolute atomic E-state index is 9.95. The molecule has 0 amide bonds. The van der Waals surface area contributed by atoms with Gasteiger partial charge in [-0.3, -0.25) is 8.74 Å². The van der Waals surface area contributed by atoms with Crippen LogP contribution in [0.3, 0.4) is 0 Å². The van der Waals surface area contributed by atoms with Gasteiger partial charge in [-0.25, -0.2) is 0 Å².